The summed E-state index contributed by atoms with van der Waals surface area (Å²) in [6.45, 7) is 0. The molecule has 1 aliphatic rings. The monoisotopic (exact) mass is 384 g/mol. The van der Waals surface area contributed by atoms with E-state index in [1.807, 2.05) is 36.4 Å². The van der Waals surface area contributed by atoms with Crippen molar-refractivity contribution in [3.05, 3.63) is 99.9 Å². The molecule has 0 spiro atoms. The van der Waals surface area contributed by atoms with Gasteiger partial charge in [0.2, 0.25) is 0 Å². The lowest BCUT2D eigenvalue weighted by Gasteiger charge is -2.24. The third kappa shape index (κ3) is 3.21. The van der Waals surface area contributed by atoms with Gasteiger partial charge >= 0.3 is 0 Å². The number of carbonyl (C=O) groups excluding carboxylic acids is 1. The van der Waals surface area contributed by atoms with Crippen molar-refractivity contribution in [3.63, 3.8) is 0 Å². The van der Waals surface area contributed by atoms with Crippen molar-refractivity contribution in [1.29, 1.82) is 0 Å². The molecule has 0 fully saturated rings. The van der Waals surface area contributed by atoms with Crippen LogP contribution in [0.15, 0.2) is 77.4 Å². The molecule has 0 saturated heterocycles. The number of amides is 1. The average Bonchev–Trinajstić information content (AvgIpc) is 3.32. The van der Waals surface area contributed by atoms with Crippen LogP contribution in [-0.2, 0) is 0 Å². The van der Waals surface area contributed by atoms with Crippen molar-refractivity contribution in [1.82, 2.24) is 10.4 Å². The Morgan fingerprint density at radius 1 is 0.962 bits per heavy atom. The zero-order valence-electron chi connectivity index (χ0n) is 13.5. The summed E-state index contributed by atoms with van der Waals surface area (Å²) in [6.07, 6.45) is 3.55. The third-order valence-corrected chi connectivity index (χ3v) is 4.65. The Hall–Kier alpha value is -2.69. The Kier molecular flexibility index (Phi) is 4.45. The summed E-state index contributed by atoms with van der Waals surface area (Å²) >= 11 is 11.9. The van der Waals surface area contributed by atoms with Gasteiger partial charge in [0.15, 0.2) is 0 Å². The van der Waals surface area contributed by atoms with E-state index >= 15 is 0 Å². The second-order valence-corrected chi connectivity index (χ2v) is 6.71. The second kappa shape index (κ2) is 6.90. The molecule has 0 saturated carbocycles. The number of furan rings is 1. The summed E-state index contributed by atoms with van der Waals surface area (Å²) < 4.78 is 5.54. The molecular formula is C20H14Cl2N2O2. The van der Waals surface area contributed by atoms with Crippen molar-refractivity contribution >= 4 is 34.8 Å². The lowest BCUT2D eigenvalue weighted by atomic mass is 10.1. The van der Waals surface area contributed by atoms with Crippen LogP contribution in [0.3, 0.4) is 0 Å². The fourth-order valence-corrected chi connectivity index (χ4v) is 3.09. The van der Waals surface area contributed by atoms with Crippen LogP contribution < -0.4 is 5.43 Å². The number of halogens is 2. The Morgan fingerprint density at radius 3 is 2.23 bits per heavy atom. The molecule has 1 amide bonds. The van der Waals surface area contributed by atoms with Gasteiger partial charge in [0.25, 0.3) is 5.91 Å². The minimum absolute atomic E-state index is 0.178. The molecule has 26 heavy (non-hydrogen) atoms. The van der Waals surface area contributed by atoms with E-state index in [0.29, 0.717) is 21.4 Å². The van der Waals surface area contributed by atoms with E-state index in [1.54, 1.807) is 41.6 Å². The SMILES string of the molecule is O=C(c1ccc(Cl)cc1)N1NC(c2ccc(Cl)cc2)=C[C@@H]1c1ccco1. The molecule has 1 aromatic heterocycles. The molecule has 0 unspecified atom stereocenters. The van der Waals surface area contributed by atoms with Crippen LogP contribution in [0.5, 0.6) is 0 Å². The van der Waals surface area contributed by atoms with E-state index in [4.69, 9.17) is 27.6 Å². The minimum Gasteiger partial charge on any atom is -0.467 e. The molecule has 3 aromatic rings. The van der Waals surface area contributed by atoms with Gasteiger partial charge in [-0.25, -0.2) is 5.01 Å². The summed E-state index contributed by atoms with van der Waals surface area (Å²) in [7, 11) is 0. The first-order valence-electron chi connectivity index (χ1n) is 7.99. The first-order valence-corrected chi connectivity index (χ1v) is 8.74. The molecule has 0 bridgehead atoms. The van der Waals surface area contributed by atoms with Gasteiger partial charge in [0.1, 0.15) is 11.8 Å². The molecule has 1 N–H and O–H groups in total. The Labute approximate surface area is 160 Å². The summed E-state index contributed by atoms with van der Waals surface area (Å²) in [5.74, 6) is 0.493. The fourth-order valence-electron chi connectivity index (χ4n) is 2.84. The fraction of sp³-hybridized carbons (Fsp3) is 0.0500. The quantitative estimate of drug-likeness (QED) is 0.663. The zero-order chi connectivity index (χ0) is 18.1. The van der Waals surface area contributed by atoms with Gasteiger partial charge in [0, 0.05) is 15.6 Å². The van der Waals surface area contributed by atoms with E-state index in [9.17, 15) is 4.79 Å². The number of rotatable bonds is 3. The van der Waals surface area contributed by atoms with Crippen LogP contribution in [0, 0.1) is 0 Å². The van der Waals surface area contributed by atoms with Gasteiger partial charge in [-0.15, -0.1) is 0 Å². The highest BCUT2D eigenvalue weighted by Crippen LogP contribution is 2.33. The van der Waals surface area contributed by atoms with E-state index in [-0.39, 0.29) is 11.9 Å². The average molecular weight is 385 g/mol. The number of hydrogen-bond donors (Lipinski definition) is 1. The summed E-state index contributed by atoms with van der Waals surface area (Å²) in [5, 5.41) is 2.79. The lowest BCUT2D eigenvalue weighted by Crippen LogP contribution is -2.39. The standard InChI is InChI=1S/C20H14Cl2N2O2/c21-15-7-3-13(4-8-15)17-12-18(19-2-1-11-26-19)24(23-17)20(25)14-5-9-16(22)10-6-14/h1-12,18,23H/t18-/m1/s1. The number of carbonyl (C=O) groups is 1. The molecule has 2 heterocycles. The topological polar surface area (TPSA) is 45.5 Å². The maximum atomic E-state index is 13.0. The molecular weight excluding hydrogens is 371 g/mol. The molecule has 0 aliphatic carbocycles. The number of nitrogens with zero attached hydrogens (tertiary/aromatic N) is 1. The third-order valence-electron chi connectivity index (χ3n) is 4.14. The largest absolute Gasteiger partial charge is 0.467 e. The predicted molar refractivity (Wildman–Crippen MR) is 102 cm³/mol. The molecule has 4 nitrogen and oxygen atoms in total. The zero-order valence-corrected chi connectivity index (χ0v) is 15.0. The number of hydrogen-bond acceptors (Lipinski definition) is 3. The number of benzene rings is 2. The minimum atomic E-state index is -0.362. The molecule has 1 atom stereocenters. The van der Waals surface area contributed by atoms with Gasteiger partial charge in [-0.3, -0.25) is 10.2 Å². The van der Waals surface area contributed by atoms with Crippen molar-refractivity contribution < 1.29 is 9.21 Å². The van der Waals surface area contributed by atoms with E-state index < -0.39 is 0 Å². The second-order valence-electron chi connectivity index (χ2n) is 5.84. The maximum Gasteiger partial charge on any atom is 0.273 e. The molecule has 4 rings (SSSR count). The van der Waals surface area contributed by atoms with Crippen LogP contribution in [0.1, 0.15) is 27.7 Å². The van der Waals surface area contributed by atoms with Crippen molar-refractivity contribution in [2.45, 2.75) is 6.04 Å². The number of nitrogens with one attached hydrogen (secondary N) is 1. The molecule has 0 radical (unpaired) electrons. The molecule has 6 heteroatoms. The van der Waals surface area contributed by atoms with Crippen LogP contribution in [0.4, 0.5) is 0 Å². The van der Waals surface area contributed by atoms with Gasteiger partial charge < -0.3 is 4.42 Å². The molecule has 1 aliphatic heterocycles. The highest BCUT2D eigenvalue weighted by molar-refractivity contribution is 6.30. The molecule has 2 aromatic carbocycles. The van der Waals surface area contributed by atoms with Crippen molar-refractivity contribution in [2.24, 2.45) is 0 Å². The predicted octanol–water partition coefficient (Wildman–Crippen LogP) is 5.33. The highest BCUT2D eigenvalue weighted by atomic mass is 35.5. The lowest BCUT2D eigenvalue weighted by molar-refractivity contribution is 0.0655. The first-order chi connectivity index (χ1) is 12.6. The van der Waals surface area contributed by atoms with Crippen LogP contribution in [0.25, 0.3) is 5.70 Å². The smallest absolute Gasteiger partial charge is 0.273 e. The molecule has 130 valence electrons. The van der Waals surface area contributed by atoms with Crippen LogP contribution in [-0.4, -0.2) is 10.9 Å². The Morgan fingerprint density at radius 2 is 1.62 bits per heavy atom. The Bertz CT molecular complexity index is 948. The maximum absolute atomic E-state index is 13.0. The van der Waals surface area contributed by atoms with Crippen LogP contribution >= 0.6 is 23.2 Å². The summed E-state index contributed by atoms with van der Waals surface area (Å²) in [6, 6.07) is 17.5. The first kappa shape index (κ1) is 16.8. The van der Waals surface area contributed by atoms with Gasteiger partial charge in [0.05, 0.1) is 12.0 Å². The summed E-state index contributed by atoms with van der Waals surface area (Å²) in [5.41, 5.74) is 5.46. The van der Waals surface area contributed by atoms with E-state index in [0.717, 1.165) is 11.3 Å². The number of hydrazine groups is 1. The summed E-state index contributed by atoms with van der Waals surface area (Å²) in [4.78, 5) is 13.0. The Balaban J connectivity index is 1.68. The van der Waals surface area contributed by atoms with E-state index in [1.165, 1.54) is 0 Å². The van der Waals surface area contributed by atoms with E-state index in [2.05, 4.69) is 5.43 Å². The van der Waals surface area contributed by atoms with Gasteiger partial charge in [-0.05, 0) is 60.2 Å². The van der Waals surface area contributed by atoms with Crippen molar-refractivity contribution in [2.75, 3.05) is 0 Å². The van der Waals surface area contributed by atoms with Gasteiger partial charge in [-0.2, -0.15) is 0 Å². The van der Waals surface area contributed by atoms with Crippen LogP contribution in [0.2, 0.25) is 10.0 Å². The normalized spacial score (nSPS) is 16.3. The highest BCUT2D eigenvalue weighted by Gasteiger charge is 2.33. The van der Waals surface area contributed by atoms with Crippen molar-refractivity contribution in [3.8, 4) is 0 Å². The van der Waals surface area contributed by atoms with Gasteiger partial charge in [-0.1, -0.05) is 35.3 Å².